The number of aromatic nitrogens is 2. The third-order valence-corrected chi connectivity index (χ3v) is 3.23. The number of hydrogen-bond acceptors (Lipinski definition) is 3. The Hall–Kier alpha value is -1.75. The minimum atomic E-state index is -2.90. The number of alkyl halides is 2. The fourth-order valence-electron chi connectivity index (χ4n) is 1.85. The molecule has 6 heteroatoms. The van der Waals surface area contributed by atoms with Crippen LogP contribution in [0.25, 0.3) is 11.4 Å². The molecule has 0 atom stereocenters. The van der Waals surface area contributed by atoms with E-state index in [2.05, 4.69) is 14.7 Å². The second-order valence-electron chi connectivity index (χ2n) is 4.14. The van der Waals surface area contributed by atoms with Crippen molar-refractivity contribution in [3.05, 3.63) is 40.7 Å². The van der Waals surface area contributed by atoms with Crippen LogP contribution >= 0.6 is 11.6 Å². The lowest BCUT2D eigenvalue weighted by molar-refractivity contribution is -0.0494. The van der Waals surface area contributed by atoms with Crippen LogP contribution in [0.4, 0.5) is 8.78 Å². The predicted molar refractivity (Wildman–Crippen MR) is 73.2 cm³/mol. The summed E-state index contributed by atoms with van der Waals surface area (Å²) in [5.41, 5.74) is 1.97. The Labute approximate surface area is 120 Å². The number of nitrogens with zero attached hydrogens (tertiary/aromatic N) is 2. The van der Waals surface area contributed by atoms with Crippen LogP contribution in [0.5, 0.6) is 5.75 Å². The van der Waals surface area contributed by atoms with Gasteiger partial charge in [-0.1, -0.05) is 30.7 Å². The predicted octanol–water partition coefficient (Wildman–Crippen LogP) is 4.27. The lowest BCUT2D eigenvalue weighted by atomic mass is 10.1. The molecule has 0 amide bonds. The van der Waals surface area contributed by atoms with Gasteiger partial charge in [-0.15, -0.1) is 0 Å². The number of hydrogen-bond donors (Lipinski definition) is 0. The molecule has 0 radical (unpaired) electrons. The van der Waals surface area contributed by atoms with E-state index in [-0.39, 0.29) is 11.6 Å². The normalized spacial score (nSPS) is 10.9. The Morgan fingerprint density at radius 3 is 2.60 bits per heavy atom. The Bertz CT molecular complexity index is 620. The van der Waals surface area contributed by atoms with Gasteiger partial charge in [-0.3, -0.25) is 0 Å². The summed E-state index contributed by atoms with van der Waals surface area (Å²) in [6.45, 7) is 0.867. The van der Waals surface area contributed by atoms with Gasteiger partial charge in [-0.05, 0) is 25.5 Å². The minimum Gasteiger partial charge on any atom is -0.434 e. The molecule has 0 N–H and O–H groups in total. The van der Waals surface area contributed by atoms with E-state index in [9.17, 15) is 8.78 Å². The highest BCUT2D eigenvalue weighted by Gasteiger charge is 2.15. The van der Waals surface area contributed by atoms with E-state index in [1.165, 1.54) is 6.07 Å². The summed E-state index contributed by atoms with van der Waals surface area (Å²) in [5.74, 6) is 0.318. The lowest BCUT2D eigenvalue weighted by Gasteiger charge is -2.12. The standard InChI is InChI=1S/C14H13ClF2N2O/c1-3-10-8(2)12(15)19-13(18-10)9-6-4-5-7-11(9)20-14(16)17/h4-7,14H,3H2,1-2H3. The number of para-hydroxylation sites is 1. The summed E-state index contributed by atoms with van der Waals surface area (Å²) in [6.07, 6.45) is 0.680. The maximum atomic E-state index is 12.4. The van der Waals surface area contributed by atoms with Crippen LogP contribution in [-0.4, -0.2) is 16.6 Å². The van der Waals surface area contributed by atoms with Crippen molar-refractivity contribution in [2.24, 2.45) is 0 Å². The van der Waals surface area contributed by atoms with E-state index in [1.54, 1.807) is 18.2 Å². The molecule has 1 aromatic heterocycles. The average molecular weight is 299 g/mol. The quantitative estimate of drug-likeness (QED) is 0.791. The van der Waals surface area contributed by atoms with Crippen LogP contribution in [-0.2, 0) is 6.42 Å². The van der Waals surface area contributed by atoms with Crippen LogP contribution in [0, 0.1) is 6.92 Å². The highest BCUT2D eigenvalue weighted by molar-refractivity contribution is 6.30. The second-order valence-corrected chi connectivity index (χ2v) is 4.50. The third kappa shape index (κ3) is 3.04. The molecule has 1 aromatic carbocycles. The highest BCUT2D eigenvalue weighted by Crippen LogP contribution is 2.30. The summed E-state index contributed by atoms with van der Waals surface area (Å²) < 4.78 is 29.3. The summed E-state index contributed by atoms with van der Waals surface area (Å²) >= 11 is 6.07. The fourth-order valence-corrected chi connectivity index (χ4v) is 2.04. The largest absolute Gasteiger partial charge is 0.434 e. The molecule has 0 spiro atoms. The first-order chi connectivity index (χ1) is 9.52. The zero-order valence-corrected chi connectivity index (χ0v) is 11.8. The zero-order chi connectivity index (χ0) is 14.7. The molecule has 0 saturated heterocycles. The molecular formula is C14H13ClF2N2O. The second kappa shape index (κ2) is 6.13. The van der Waals surface area contributed by atoms with Gasteiger partial charge >= 0.3 is 6.61 Å². The zero-order valence-electron chi connectivity index (χ0n) is 11.0. The Morgan fingerprint density at radius 1 is 1.25 bits per heavy atom. The fraction of sp³-hybridized carbons (Fsp3) is 0.286. The van der Waals surface area contributed by atoms with Crippen molar-refractivity contribution in [2.75, 3.05) is 0 Å². The molecule has 0 bridgehead atoms. The van der Waals surface area contributed by atoms with Crippen LogP contribution in [0.1, 0.15) is 18.2 Å². The van der Waals surface area contributed by atoms with Gasteiger partial charge in [0.2, 0.25) is 0 Å². The average Bonchev–Trinajstić information content (AvgIpc) is 2.42. The van der Waals surface area contributed by atoms with Gasteiger partial charge in [0, 0.05) is 11.3 Å². The van der Waals surface area contributed by atoms with Crippen molar-refractivity contribution in [3.8, 4) is 17.1 Å². The number of ether oxygens (including phenoxy) is 1. The Morgan fingerprint density at radius 2 is 1.95 bits per heavy atom. The maximum Gasteiger partial charge on any atom is 0.387 e. The van der Waals surface area contributed by atoms with E-state index >= 15 is 0 Å². The molecule has 1 heterocycles. The van der Waals surface area contributed by atoms with E-state index in [0.29, 0.717) is 17.1 Å². The van der Waals surface area contributed by atoms with Crippen LogP contribution in [0.3, 0.4) is 0 Å². The maximum absolute atomic E-state index is 12.4. The van der Waals surface area contributed by atoms with Crippen molar-refractivity contribution >= 4 is 11.6 Å². The highest BCUT2D eigenvalue weighted by atomic mass is 35.5. The minimum absolute atomic E-state index is 0.0319. The number of rotatable bonds is 4. The van der Waals surface area contributed by atoms with E-state index in [0.717, 1.165) is 11.3 Å². The molecule has 20 heavy (non-hydrogen) atoms. The van der Waals surface area contributed by atoms with Crippen LogP contribution < -0.4 is 4.74 Å². The van der Waals surface area contributed by atoms with Gasteiger partial charge in [0.05, 0.1) is 5.56 Å². The van der Waals surface area contributed by atoms with Crippen molar-refractivity contribution in [1.82, 2.24) is 9.97 Å². The Kier molecular flexibility index (Phi) is 4.49. The van der Waals surface area contributed by atoms with E-state index < -0.39 is 6.61 Å². The SMILES string of the molecule is CCc1nc(-c2ccccc2OC(F)F)nc(Cl)c1C. The molecule has 0 unspecified atom stereocenters. The molecule has 0 aliphatic rings. The first-order valence-electron chi connectivity index (χ1n) is 6.10. The Balaban J connectivity index is 2.54. The van der Waals surface area contributed by atoms with Gasteiger partial charge in [-0.25, -0.2) is 9.97 Å². The summed E-state index contributed by atoms with van der Waals surface area (Å²) in [6, 6.07) is 6.39. The molecule has 0 aliphatic carbocycles. The van der Waals surface area contributed by atoms with Crippen molar-refractivity contribution in [1.29, 1.82) is 0 Å². The van der Waals surface area contributed by atoms with Gasteiger partial charge in [0.25, 0.3) is 0 Å². The van der Waals surface area contributed by atoms with E-state index in [1.807, 2.05) is 13.8 Å². The number of aryl methyl sites for hydroxylation is 1. The topological polar surface area (TPSA) is 35.0 Å². The molecule has 0 saturated carbocycles. The molecule has 2 aromatic rings. The van der Waals surface area contributed by atoms with Gasteiger partial charge in [0.1, 0.15) is 10.9 Å². The van der Waals surface area contributed by atoms with Crippen molar-refractivity contribution in [2.45, 2.75) is 26.9 Å². The molecular weight excluding hydrogens is 286 g/mol. The molecule has 106 valence electrons. The molecule has 0 fully saturated rings. The number of benzene rings is 1. The van der Waals surface area contributed by atoms with E-state index in [4.69, 9.17) is 11.6 Å². The van der Waals surface area contributed by atoms with Crippen molar-refractivity contribution < 1.29 is 13.5 Å². The van der Waals surface area contributed by atoms with Crippen LogP contribution in [0.2, 0.25) is 5.15 Å². The molecule has 0 aliphatic heterocycles. The van der Waals surface area contributed by atoms with Gasteiger partial charge in [0.15, 0.2) is 5.82 Å². The first-order valence-corrected chi connectivity index (χ1v) is 6.48. The summed E-state index contributed by atoms with van der Waals surface area (Å²) in [7, 11) is 0. The van der Waals surface area contributed by atoms with Gasteiger partial charge in [-0.2, -0.15) is 8.78 Å². The smallest absolute Gasteiger partial charge is 0.387 e. The first kappa shape index (κ1) is 14.7. The summed E-state index contributed by atoms with van der Waals surface area (Å²) in [5, 5.41) is 0.318. The molecule has 3 nitrogen and oxygen atoms in total. The van der Waals surface area contributed by atoms with Crippen molar-refractivity contribution in [3.63, 3.8) is 0 Å². The lowest BCUT2D eigenvalue weighted by Crippen LogP contribution is -2.05. The summed E-state index contributed by atoms with van der Waals surface area (Å²) in [4.78, 5) is 8.52. The number of halogens is 3. The monoisotopic (exact) mass is 298 g/mol. The van der Waals surface area contributed by atoms with Crippen LogP contribution in [0.15, 0.2) is 24.3 Å². The third-order valence-electron chi connectivity index (χ3n) is 2.87. The molecule has 2 rings (SSSR count). The van der Waals surface area contributed by atoms with Gasteiger partial charge < -0.3 is 4.74 Å².